The maximum atomic E-state index is 13.0. The summed E-state index contributed by atoms with van der Waals surface area (Å²) in [5.74, 6) is 0.00941. The SMILES string of the molecule is CC(=O)[C@@](N)(CCCCB(O)O)C1CCN(C2CCc3cc(C(F)(F)F)ccc32)CC1. The first-order chi connectivity index (χ1) is 14.5. The maximum absolute atomic E-state index is 13.0. The first-order valence-electron chi connectivity index (χ1n) is 11.1. The Hall–Kier alpha value is -1.42. The molecule has 0 spiro atoms. The molecule has 0 radical (unpaired) electrons. The monoisotopic (exact) mass is 440 g/mol. The minimum absolute atomic E-state index is 0.0404. The highest BCUT2D eigenvalue weighted by molar-refractivity contribution is 6.40. The predicted molar refractivity (Wildman–Crippen MR) is 113 cm³/mol. The zero-order chi connectivity index (χ0) is 22.8. The van der Waals surface area contributed by atoms with Crippen LogP contribution in [0.15, 0.2) is 18.2 Å². The fraction of sp³-hybridized carbons (Fsp3) is 0.682. The molecule has 172 valence electrons. The molecule has 0 aromatic heterocycles. The number of nitrogens with two attached hydrogens (primary N) is 1. The number of carbonyl (C=O) groups is 1. The number of rotatable bonds is 8. The maximum Gasteiger partial charge on any atom is 0.451 e. The molecule has 1 unspecified atom stereocenters. The molecule has 1 aromatic rings. The molecule has 2 aliphatic rings. The summed E-state index contributed by atoms with van der Waals surface area (Å²) >= 11 is 0. The average molecular weight is 440 g/mol. The van der Waals surface area contributed by atoms with Gasteiger partial charge >= 0.3 is 13.3 Å². The molecule has 0 bridgehead atoms. The van der Waals surface area contributed by atoms with Crippen molar-refractivity contribution in [1.82, 2.24) is 4.90 Å². The topological polar surface area (TPSA) is 86.8 Å². The number of likely N-dealkylation sites (tertiary alicyclic amines) is 1. The normalized spacial score (nSPS) is 22.2. The Bertz CT molecular complexity index is 782. The van der Waals surface area contributed by atoms with Gasteiger partial charge in [0, 0.05) is 6.04 Å². The summed E-state index contributed by atoms with van der Waals surface area (Å²) < 4.78 is 39.0. The molecule has 4 N–H and O–H groups in total. The number of carbonyl (C=O) groups excluding carboxylic acids is 1. The molecule has 5 nitrogen and oxygen atoms in total. The largest absolute Gasteiger partial charge is 0.451 e. The van der Waals surface area contributed by atoms with E-state index in [1.165, 1.54) is 19.1 Å². The number of hydrogen-bond acceptors (Lipinski definition) is 5. The van der Waals surface area contributed by atoms with Crippen LogP contribution in [-0.2, 0) is 17.4 Å². The summed E-state index contributed by atoms with van der Waals surface area (Å²) in [5.41, 5.74) is 6.83. The second-order valence-electron chi connectivity index (χ2n) is 9.10. The van der Waals surface area contributed by atoms with Crippen LogP contribution in [-0.4, -0.2) is 46.5 Å². The lowest BCUT2D eigenvalue weighted by Gasteiger charge is -2.43. The molecule has 1 heterocycles. The second-order valence-corrected chi connectivity index (χ2v) is 9.10. The molecule has 1 aromatic carbocycles. The summed E-state index contributed by atoms with van der Waals surface area (Å²) in [4.78, 5) is 14.7. The van der Waals surface area contributed by atoms with Crippen LogP contribution in [0.3, 0.4) is 0 Å². The zero-order valence-corrected chi connectivity index (χ0v) is 18.0. The Kier molecular flexibility index (Phi) is 7.51. The summed E-state index contributed by atoms with van der Waals surface area (Å²) in [6.07, 6.45) is 0.719. The van der Waals surface area contributed by atoms with Crippen molar-refractivity contribution in [2.75, 3.05) is 13.1 Å². The van der Waals surface area contributed by atoms with Gasteiger partial charge in [-0.2, -0.15) is 13.2 Å². The van der Waals surface area contributed by atoms with Crippen LogP contribution >= 0.6 is 0 Å². The van der Waals surface area contributed by atoms with E-state index < -0.39 is 24.4 Å². The van der Waals surface area contributed by atoms with Gasteiger partial charge in [0.2, 0.25) is 0 Å². The molecule has 1 aliphatic heterocycles. The number of alkyl halides is 3. The molecule has 0 saturated carbocycles. The smallest absolute Gasteiger partial charge is 0.427 e. The van der Waals surface area contributed by atoms with E-state index in [1.54, 1.807) is 6.07 Å². The first kappa shape index (κ1) is 24.2. The Balaban J connectivity index is 1.61. The lowest BCUT2D eigenvalue weighted by Crippen LogP contribution is -2.56. The Morgan fingerprint density at radius 2 is 1.87 bits per heavy atom. The van der Waals surface area contributed by atoms with Gasteiger partial charge in [0.1, 0.15) is 5.78 Å². The van der Waals surface area contributed by atoms with E-state index >= 15 is 0 Å². The molecular formula is C22H32BF3N2O3. The summed E-state index contributed by atoms with van der Waals surface area (Å²) in [6, 6.07) is 4.20. The molecule has 2 atom stereocenters. The number of halogens is 3. The molecule has 0 amide bonds. The van der Waals surface area contributed by atoms with E-state index in [9.17, 15) is 18.0 Å². The van der Waals surface area contributed by atoms with E-state index in [-0.39, 0.29) is 24.1 Å². The van der Waals surface area contributed by atoms with E-state index in [0.29, 0.717) is 25.7 Å². The highest BCUT2D eigenvalue weighted by atomic mass is 19.4. The molecule has 9 heteroatoms. The van der Waals surface area contributed by atoms with E-state index in [2.05, 4.69) is 4.90 Å². The van der Waals surface area contributed by atoms with Gasteiger partial charge in [-0.3, -0.25) is 9.69 Å². The fourth-order valence-corrected chi connectivity index (χ4v) is 5.29. The fourth-order valence-electron chi connectivity index (χ4n) is 5.29. The van der Waals surface area contributed by atoms with Crippen molar-refractivity contribution in [1.29, 1.82) is 0 Å². The van der Waals surface area contributed by atoms with Gasteiger partial charge in [0.15, 0.2) is 0 Å². The molecule has 1 fully saturated rings. The van der Waals surface area contributed by atoms with Crippen molar-refractivity contribution in [2.24, 2.45) is 11.7 Å². The van der Waals surface area contributed by atoms with Crippen molar-refractivity contribution in [3.05, 3.63) is 34.9 Å². The van der Waals surface area contributed by atoms with Gasteiger partial charge in [0.05, 0.1) is 11.1 Å². The minimum atomic E-state index is -4.32. The van der Waals surface area contributed by atoms with Crippen LogP contribution in [0.2, 0.25) is 6.32 Å². The van der Waals surface area contributed by atoms with Crippen molar-refractivity contribution >= 4 is 12.9 Å². The number of benzene rings is 1. The second kappa shape index (κ2) is 9.61. The summed E-state index contributed by atoms with van der Waals surface area (Å²) in [7, 11) is -1.34. The Morgan fingerprint density at radius 1 is 1.19 bits per heavy atom. The molecule has 1 saturated heterocycles. The van der Waals surface area contributed by atoms with E-state index in [0.717, 1.165) is 43.5 Å². The van der Waals surface area contributed by atoms with Crippen molar-refractivity contribution in [3.8, 4) is 0 Å². The van der Waals surface area contributed by atoms with Gasteiger partial charge in [0.25, 0.3) is 0 Å². The van der Waals surface area contributed by atoms with Crippen LogP contribution in [0.25, 0.3) is 0 Å². The predicted octanol–water partition coefficient (Wildman–Crippen LogP) is 3.33. The Morgan fingerprint density at radius 3 is 2.45 bits per heavy atom. The number of ketones is 1. The quantitative estimate of drug-likeness (QED) is 0.427. The highest BCUT2D eigenvalue weighted by Crippen LogP contribution is 2.42. The number of hydrogen-bond donors (Lipinski definition) is 3. The molecular weight excluding hydrogens is 408 g/mol. The number of Topliss-reactive ketones (excluding diaryl/α,β-unsaturated/α-hetero) is 1. The summed E-state index contributed by atoms with van der Waals surface area (Å²) in [6.45, 7) is 3.05. The average Bonchev–Trinajstić information content (AvgIpc) is 3.13. The highest BCUT2D eigenvalue weighted by Gasteiger charge is 2.42. The van der Waals surface area contributed by atoms with Gasteiger partial charge in [-0.1, -0.05) is 18.9 Å². The minimum Gasteiger partial charge on any atom is -0.427 e. The standard InChI is InChI=1S/C22H32BF3N2O3/c1-15(29)21(27,10-2-3-11-23(30)31)17-8-12-28(13-9-17)20-7-4-16-14-18(22(24,25)26)5-6-19(16)20/h5-6,14,17,20,30-31H,2-4,7-13,27H2,1H3/t20?,21-/m0/s1. The third-order valence-electron chi connectivity index (χ3n) is 7.17. The van der Waals surface area contributed by atoms with Gasteiger partial charge in [-0.25, -0.2) is 0 Å². The molecule has 31 heavy (non-hydrogen) atoms. The lowest BCUT2D eigenvalue weighted by atomic mass is 9.72. The van der Waals surface area contributed by atoms with Crippen LogP contribution < -0.4 is 5.73 Å². The zero-order valence-electron chi connectivity index (χ0n) is 18.0. The third kappa shape index (κ3) is 5.50. The van der Waals surface area contributed by atoms with E-state index in [4.69, 9.17) is 15.8 Å². The van der Waals surface area contributed by atoms with Gasteiger partial charge in [-0.15, -0.1) is 0 Å². The van der Waals surface area contributed by atoms with Gasteiger partial charge in [-0.05, 0) is 87.6 Å². The van der Waals surface area contributed by atoms with Crippen LogP contribution in [0, 0.1) is 5.92 Å². The van der Waals surface area contributed by atoms with Crippen LogP contribution in [0.1, 0.15) is 68.2 Å². The summed E-state index contributed by atoms with van der Waals surface area (Å²) in [5, 5.41) is 18.0. The van der Waals surface area contributed by atoms with Gasteiger partial charge < -0.3 is 15.8 Å². The molecule has 1 aliphatic carbocycles. The van der Waals surface area contributed by atoms with Crippen molar-refractivity contribution < 1.29 is 28.0 Å². The number of piperidine rings is 1. The van der Waals surface area contributed by atoms with Crippen LogP contribution in [0.4, 0.5) is 13.2 Å². The number of nitrogens with zero attached hydrogens (tertiary/aromatic N) is 1. The van der Waals surface area contributed by atoms with Crippen LogP contribution in [0.5, 0.6) is 0 Å². The first-order valence-corrected chi connectivity index (χ1v) is 11.1. The van der Waals surface area contributed by atoms with E-state index in [1.807, 2.05) is 0 Å². The number of aryl methyl sites for hydroxylation is 1. The van der Waals surface area contributed by atoms with Crippen molar-refractivity contribution in [3.63, 3.8) is 0 Å². The lowest BCUT2D eigenvalue weighted by molar-refractivity contribution is -0.137. The Labute approximate surface area is 181 Å². The number of unbranched alkanes of at least 4 members (excludes halogenated alkanes) is 1. The number of fused-ring (bicyclic) bond motifs is 1. The third-order valence-corrected chi connectivity index (χ3v) is 7.17. The molecule has 3 rings (SSSR count). The van der Waals surface area contributed by atoms with Crippen molar-refractivity contribution in [2.45, 2.75) is 75.9 Å².